The number of hydrogen-bond donors (Lipinski definition) is 1. The number of carbonyl (C=O) groups is 3. The Kier molecular flexibility index (Phi) is 5.79. The first kappa shape index (κ1) is 21.3. The molecule has 0 fully saturated rings. The third-order valence-electron chi connectivity index (χ3n) is 4.76. The summed E-state index contributed by atoms with van der Waals surface area (Å²) in [7, 11) is -2.53. The molecule has 2 aromatic carbocycles. The van der Waals surface area contributed by atoms with Crippen LogP contribution in [0.1, 0.15) is 27.1 Å². The second-order valence-electron chi connectivity index (χ2n) is 6.71. The van der Waals surface area contributed by atoms with E-state index < -0.39 is 33.8 Å². The topological polar surface area (TPSA) is 121 Å². The number of carboxylic acids is 1. The van der Waals surface area contributed by atoms with Gasteiger partial charge in [-0.15, -0.1) is 0 Å². The van der Waals surface area contributed by atoms with E-state index >= 15 is 0 Å². The Morgan fingerprint density at radius 3 is 2.03 bits per heavy atom. The van der Waals surface area contributed by atoms with Gasteiger partial charge in [-0.2, -0.15) is 0 Å². The molecule has 2 aromatic rings. The van der Waals surface area contributed by atoms with Crippen molar-refractivity contribution in [3.05, 3.63) is 59.7 Å². The summed E-state index contributed by atoms with van der Waals surface area (Å²) in [5, 5.41) is 9.73. The summed E-state index contributed by atoms with van der Waals surface area (Å²) in [6.45, 7) is -0.245. The number of carbonyl (C=O) groups excluding carboxylic acids is 2. The number of carboxylic acid groups (broad SMARTS) is 1. The van der Waals surface area contributed by atoms with Gasteiger partial charge in [-0.1, -0.05) is 12.1 Å². The Morgan fingerprint density at radius 1 is 1.07 bits per heavy atom. The van der Waals surface area contributed by atoms with Crippen LogP contribution < -0.4 is 9.04 Å². The fourth-order valence-corrected chi connectivity index (χ4v) is 4.53. The number of anilines is 1. The molecule has 0 aliphatic carbocycles. The summed E-state index contributed by atoms with van der Waals surface area (Å²) in [4.78, 5) is 37.9. The summed E-state index contributed by atoms with van der Waals surface area (Å²) < 4.78 is 30.7. The molecule has 3 rings (SSSR count). The highest BCUT2D eigenvalue weighted by Crippen LogP contribution is 2.27. The molecular weight excluding hydrogens is 412 g/mol. The summed E-state index contributed by atoms with van der Waals surface area (Å²) in [6.07, 6.45) is 0.620. The highest BCUT2D eigenvalue weighted by atomic mass is 32.2. The van der Waals surface area contributed by atoms with Crippen LogP contribution in [-0.4, -0.2) is 62.2 Å². The number of hydrogen-bond acceptors (Lipinski definition) is 6. The van der Waals surface area contributed by atoms with E-state index in [1.54, 1.807) is 12.1 Å². The lowest BCUT2D eigenvalue weighted by molar-refractivity contribution is -0.138. The van der Waals surface area contributed by atoms with E-state index in [9.17, 15) is 27.9 Å². The molecule has 1 unspecified atom stereocenters. The van der Waals surface area contributed by atoms with Crippen molar-refractivity contribution < 1.29 is 32.6 Å². The molecule has 2 amide bonds. The molecule has 0 saturated carbocycles. The normalized spacial score (nSPS) is 14.4. The van der Waals surface area contributed by atoms with Gasteiger partial charge in [0, 0.05) is 6.54 Å². The molecule has 1 atom stereocenters. The first-order chi connectivity index (χ1) is 14.1. The van der Waals surface area contributed by atoms with Crippen molar-refractivity contribution in [2.75, 3.05) is 24.2 Å². The minimum Gasteiger partial charge on any atom is -0.497 e. The first-order valence-corrected chi connectivity index (χ1v) is 10.8. The monoisotopic (exact) mass is 432 g/mol. The molecule has 0 bridgehead atoms. The van der Waals surface area contributed by atoms with Gasteiger partial charge >= 0.3 is 5.97 Å². The number of imide groups is 1. The molecule has 1 heterocycles. The highest BCUT2D eigenvalue weighted by molar-refractivity contribution is 7.92. The van der Waals surface area contributed by atoms with Crippen molar-refractivity contribution in [3.8, 4) is 5.75 Å². The number of amides is 2. The molecule has 0 radical (unpaired) electrons. The van der Waals surface area contributed by atoms with Crippen molar-refractivity contribution in [3.63, 3.8) is 0 Å². The summed E-state index contributed by atoms with van der Waals surface area (Å²) >= 11 is 0. The molecule has 9 nitrogen and oxygen atoms in total. The Hall–Kier alpha value is -3.40. The molecule has 0 aromatic heterocycles. The highest BCUT2D eigenvalue weighted by Gasteiger charge is 2.38. The minimum absolute atomic E-state index is 0.132. The van der Waals surface area contributed by atoms with Gasteiger partial charge in [0.25, 0.3) is 11.8 Å². The Labute approximate surface area is 173 Å². The lowest BCUT2D eigenvalue weighted by Gasteiger charge is -2.29. The van der Waals surface area contributed by atoms with Crippen LogP contribution in [0.5, 0.6) is 5.75 Å². The lowest BCUT2D eigenvalue weighted by atomic mass is 10.1. The number of nitrogens with zero attached hydrogens (tertiary/aromatic N) is 2. The molecule has 0 spiro atoms. The van der Waals surface area contributed by atoms with Gasteiger partial charge in [0.05, 0.1) is 30.2 Å². The van der Waals surface area contributed by atoms with Crippen LogP contribution in [-0.2, 0) is 14.8 Å². The van der Waals surface area contributed by atoms with Gasteiger partial charge in [0.15, 0.2) is 0 Å². The average molecular weight is 432 g/mol. The quantitative estimate of drug-likeness (QED) is 0.629. The van der Waals surface area contributed by atoms with E-state index in [2.05, 4.69) is 0 Å². The van der Waals surface area contributed by atoms with Crippen molar-refractivity contribution in [2.24, 2.45) is 0 Å². The SMILES string of the molecule is COc1ccc(N(C(CCN2C(=O)c3ccccc3C2=O)C(=O)O)S(C)(=O)=O)cc1. The van der Waals surface area contributed by atoms with Gasteiger partial charge in [-0.3, -0.25) is 18.8 Å². The predicted octanol–water partition coefficient (Wildman–Crippen LogP) is 1.60. The van der Waals surface area contributed by atoms with Crippen LogP contribution in [0.2, 0.25) is 0 Å². The van der Waals surface area contributed by atoms with Gasteiger partial charge in [0.1, 0.15) is 11.8 Å². The van der Waals surface area contributed by atoms with Gasteiger partial charge in [0.2, 0.25) is 10.0 Å². The maximum absolute atomic E-state index is 12.5. The number of aliphatic carboxylic acids is 1. The minimum atomic E-state index is -3.98. The van der Waals surface area contributed by atoms with Gasteiger partial charge < -0.3 is 9.84 Å². The zero-order chi connectivity index (χ0) is 22.1. The number of methoxy groups -OCH3 is 1. The van der Waals surface area contributed by atoms with Crippen LogP contribution in [0.4, 0.5) is 5.69 Å². The molecular formula is C20H20N2O7S. The van der Waals surface area contributed by atoms with Crippen LogP contribution in [0.25, 0.3) is 0 Å². The number of benzene rings is 2. The van der Waals surface area contributed by atoms with E-state index in [1.165, 1.54) is 43.5 Å². The fourth-order valence-electron chi connectivity index (χ4n) is 3.37. The molecule has 1 N–H and O–H groups in total. The largest absolute Gasteiger partial charge is 0.497 e. The summed E-state index contributed by atoms with van der Waals surface area (Å²) in [6, 6.07) is 10.7. The van der Waals surface area contributed by atoms with Crippen molar-refractivity contribution in [1.82, 2.24) is 4.90 Å². The second-order valence-corrected chi connectivity index (χ2v) is 8.57. The number of ether oxygens (including phenoxy) is 1. The second kappa shape index (κ2) is 8.15. The zero-order valence-electron chi connectivity index (χ0n) is 16.3. The average Bonchev–Trinajstić information content (AvgIpc) is 2.95. The van der Waals surface area contributed by atoms with E-state index in [-0.39, 0.29) is 29.8 Å². The third-order valence-corrected chi connectivity index (χ3v) is 5.94. The van der Waals surface area contributed by atoms with E-state index in [4.69, 9.17) is 4.74 Å². The Morgan fingerprint density at radius 2 is 1.60 bits per heavy atom. The van der Waals surface area contributed by atoms with Crippen LogP contribution >= 0.6 is 0 Å². The van der Waals surface area contributed by atoms with Crippen molar-refractivity contribution in [2.45, 2.75) is 12.5 Å². The number of rotatable bonds is 8. The van der Waals surface area contributed by atoms with Crippen LogP contribution in [0, 0.1) is 0 Å². The lowest BCUT2D eigenvalue weighted by Crippen LogP contribution is -2.47. The maximum Gasteiger partial charge on any atom is 0.327 e. The number of fused-ring (bicyclic) bond motifs is 1. The molecule has 30 heavy (non-hydrogen) atoms. The standard InChI is InChI=1S/C20H20N2O7S/c1-29-14-9-7-13(8-10-14)22(30(2,27)28)17(20(25)26)11-12-21-18(23)15-5-3-4-6-16(15)19(21)24/h3-10,17H,11-12H2,1-2H3,(H,25,26). The number of sulfonamides is 1. The third kappa shape index (κ3) is 3.99. The summed E-state index contributed by atoms with van der Waals surface area (Å²) in [5.41, 5.74) is 0.613. The molecule has 1 aliphatic rings. The predicted molar refractivity (Wildman–Crippen MR) is 108 cm³/mol. The molecule has 1 aliphatic heterocycles. The van der Waals surface area contributed by atoms with Crippen LogP contribution in [0.15, 0.2) is 48.5 Å². The van der Waals surface area contributed by atoms with Crippen molar-refractivity contribution >= 4 is 33.5 Å². The molecule has 158 valence electrons. The summed E-state index contributed by atoms with van der Waals surface area (Å²) in [5.74, 6) is -1.98. The van der Waals surface area contributed by atoms with Crippen molar-refractivity contribution in [1.29, 1.82) is 0 Å². The van der Waals surface area contributed by atoms with E-state index in [1.807, 2.05) is 0 Å². The molecule has 0 saturated heterocycles. The maximum atomic E-state index is 12.5. The van der Waals surface area contributed by atoms with E-state index in [0.29, 0.717) is 5.75 Å². The van der Waals surface area contributed by atoms with Gasteiger partial charge in [-0.25, -0.2) is 13.2 Å². The Bertz CT molecular complexity index is 1060. The van der Waals surface area contributed by atoms with Gasteiger partial charge in [-0.05, 0) is 42.8 Å². The van der Waals surface area contributed by atoms with E-state index in [0.717, 1.165) is 15.5 Å². The molecule has 10 heteroatoms. The zero-order valence-corrected chi connectivity index (χ0v) is 17.1. The van der Waals surface area contributed by atoms with Crippen LogP contribution in [0.3, 0.4) is 0 Å². The first-order valence-electron chi connectivity index (χ1n) is 8.96. The smallest absolute Gasteiger partial charge is 0.327 e. The fraction of sp³-hybridized carbons (Fsp3) is 0.250. The Balaban J connectivity index is 1.88.